The Morgan fingerprint density at radius 3 is 2.96 bits per heavy atom. The van der Waals surface area contributed by atoms with Crippen molar-refractivity contribution in [1.82, 2.24) is 4.90 Å². The first kappa shape index (κ1) is 14.5. The van der Waals surface area contributed by atoms with E-state index < -0.39 is 6.10 Å². The molecule has 5 aliphatic rings. The number of anilines is 1. The number of amides is 1. The summed E-state index contributed by atoms with van der Waals surface area (Å²) in [7, 11) is 0. The van der Waals surface area contributed by atoms with E-state index in [1.54, 1.807) is 0 Å². The van der Waals surface area contributed by atoms with E-state index in [0.29, 0.717) is 24.3 Å². The Balaban J connectivity index is 1.73. The van der Waals surface area contributed by atoms with Crippen LogP contribution in [0.5, 0.6) is 0 Å². The van der Waals surface area contributed by atoms with Crippen LogP contribution in [0.4, 0.5) is 5.69 Å². The molecular weight excluding hydrogens is 312 g/mol. The first-order valence-corrected chi connectivity index (χ1v) is 9.77. The standard InChI is InChI=1S/C21H24N2O2/c1-2-12-13-7-9-22-10-8-21(18(12)22)15-5-3-4-6-16(15)23-19(21)14(13)11-17(24)20(23)25/h3-6,12-13,17-18,24H,2,7-11H2,1H3/t12-,13-,17+,18+,21-/m0/s1. The Morgan fingerprint density at radius 1 is 1.28 bits per heavy atom. The third-order valence-corrected chi connectivity index (χ3v) is 7.75. The molecule has 6 rings (SSSR count). The molecule has 1 N–H and O–H groups in total. The van der Waals surface area contributed by atoms with E-state index in [4.69, 9.17) is 0 Å². The minimum Gasteiger partial charge on any atom is -0.383 e. The predicted octanol–water partition coefficient (Wildman–Crippen LogP) is 2.42. The third-order valence-electron chi connectivity index (χ3n) is 7.75. The highest BCUT2D eigenvalue weighted by molar-refractivity contribution is 6.05. The third kappa shape index (κ3) is 1.43. The maximum Gasteiger partial charge on any atom is 0.260 e. The number of aliphatic hydroxyl groups excluding tert-OH is 1. The second kappa shape index (κ2) is 4.54. The topological polar surface area (TPSA) is 43.8 Å². The van der Waals surface area contributed by atoms with Crippen LogP contribution in [0.15, 0.2) is 35.5 Å². The summed E-state index contributed by atoms with van der Waals surface area (Å²) >= 11 is 0. The maximum absolute atomic E-state index is 13.0. The molecule has 1 aromatic rings. The summed E-state index contributed by atoms with van der Waals surface area (Å²) in [5, 5.41) is 10.5. The van der Waals surface area contributed by atoms with Gasteiger partial charge >= 0.3 is 0 Å². The summed E-state index contributed by atoms with van der Waals surface area (Å²) in [4.78, 5) is 17.6. The van der Waals surface area contributed by atoms with Gasteiger partial charge in [0.1, 0.15) is 6.10 Å². The second-order valence-corrected chi connectivity index (χ2v) is 8.45. The number of hydrogen-bond acceptors (Lipinski definition) is 3. The van der Waals surface area contributed by atoms with Gasteiger partial charge in [0.2, 0.25) is 0 Å². The zero-order chi connectivity index (χ0) is 16.9. The van der Waals surface area contributed by atoms with Crippen LogP contribution in [0, 0.1) is 11.8 Å². The average molecular weight is 336 g/mol. The molecule has 1 aliphatic carbocycles. The molecule has 4 heteroatoms. The first-order chi connectivity index (χ1) is 12.2. The van der Waals surface area contributed by atoms with Crippen molar-refractivity contribution in [3.8, 4) is 0 Å². The summed E-state index contributed by atoms with van der Waals surface area (Å²) in [5.74, 6) is 1.06. The van der Waals surface area contributed by atoms with Crippen LogP contribution in [0.25, 0.3) is 0 Å². The Bertz CT molecular complexity index is 831. The van der Waals surface area contributed by atoms with E-state index in [9.17, 15) is 9.90 Å². The van der Waals surface area contributed by atoms with Gasteiger partial charge in [0, 0.05) is 18.2 Å². The molecule has 5 atom stereocenters. The van der Waals surface area contributed by atoms with Gasteiger partial charge in [-0.25, -0.2) is 0 Å². The highest BCUT2D eigenvalue weighted by Gasteiger charge is 2.67. The fourth-order valence-corrected chi connectivity index (χ4v) is 7.06. The highest BCUT2D eigenvalue weighted by atomic mass is 16.3. The number of piperidine rings is 1. The van der Waals surface area contributed by atoms with Crippen molar-refractivity contribution in [1.29, 1.82) is 0 Å². The molecule has 1 aromatic carbocycles. The van der Waals surface area contributed by atoms with Crippen molar-refractivity contribution in [2.75, 3.05) is 18.0 Å². The average Bonchev–Trinajstić information content (AvgIpc) is 3.18. The Hall–Kier alpha value is -1.65. The van der Waals surface area contributed by atoms with Crippen molar-refractivity contribution < 1.29 is 9.90 Å². The molecule has 4 nitrogen and oxygen atoms in total. The minimum atomic E-state index is -0.879. The lowest BCUT2D eigenvalue weighted by molar-refractivity contribution is -0.127. The van der Waals surface area contributed by atoms with Gasteiger partial charge in [0.15, 0.2) is 0 Å². The molecule has 2 bridgehead atoms. The zero-order valence-corrected chi connectivity index (χ0v) is 14.6. The number of hydrogen-bond donors (Lipinski definition) is 1. The smallest absolute Gasteiger partial charge is 0.260 e. The number of carbonyl (C=O) groups excluding carboxylic acids is 1. The van der Waals surface area contributed by atoms with E-state index in [1.807, 2.05) is 11.0 Å². The van der Waals surface area contributed by atoms with Gasteiger partial charge in [-0.3, -0.25) is 14.6 Å². The van der Waals surface area contributed by atoms with Crippen molar-refractivity contribution in [3.05, 3.63) is 41.1 Å². The lowest BCUT2D eigenvalue weighted by Gasteiger charge is -2.55. The molecule has 2 saturated heterocycles. The highest BCUT2D eigenvalue weighted by Crippen LogP contribution is 2.66. The quantitative estimate of drug-likeness (QED) is 0.857. The number of para-hydroxylation sites is 1. The predicted molar refractivity (Wildman–Crippen MR) is 95.1 cm³/mol. The molecular formula is C21H24N2O2. The Labute approximate surface area is 148 Å². The van der Waals surface area contributed by atoms with Gasteiger partial charge in [-0.1, -0.05) is 31.5 Å². The lowest BCUT2D eigenvalue weighted by Crippen LogP contribution is -2.60. The molecule has 0 radical (unpaired) electrons. The summed E-state index contributed by atoms with van der Waals surface area (Å²) in [6.45, 7) is 4.61. The molecule has 25 heavy (non-hydrogen) atoms. The van der Waals surface area contributed by atoms with Gasteiger partial charge in [0.05, 0.1) is 11.1 Å². The summed E-state index contributed by atoms with van der Waals surface area (Å²) in [5.41, 5.74) is 5.00. The van der Waals surface area contributed by atoms with Gasteiger partial charge in [-0.2, -0.15) is 0 Å². The van der Waals surface area contributed by atoms with Crippen LogP contribution < -0.4 is 4.90 Å². The number of carbonyl (C=O) groups is 1. The Kier molecular flexibility index (Phi) is 2.64. The fourth-order valence-electron chi connectivity index (χ4n) is 7.06. The SMILES string of the molecule is CC[C@H]1[C@@H]2CCN3CC[C@@]4(C5=C2C[C@@H](O)C(=O)N5c2ccccc24)[C@@H]13. The van der Waals surface area contributed by atoms with Crippen molar-refractivity contribution in [3.63, 3.8) is 0 Å². The molecule has 2 fully saturated rings. The van der Waals surface area contributed by atoms with E-state index in [-0.39, 0.29) is 11.3 Å². The van der Waals surface area contributed by atoms with E-state index >= 15 is 0 Å². The molecule has 0 aromatic heterocycles. The normalized spacial score (nSPS) is 41.2. The van der Waals surface area contributed by atoms with Crippen molar-refractivity contribution >= 4 is 11.6 Å². The van der Waals surface area contributed by atoms with Gasteiger partial charge in [-0.15, -0.1) is 0 Å². The Morgan fingerprint density at radius 2 is 2.12 bits per heavy atom. The van der Waals surface area contributed by atoms with E-state index in [1.165, 1.54) is 29.7 Å². The minimum absolute atomic E-state index is 0.0284. The van der Waals surface area contributed by atoms with Gasteiger partial charge in [0.25, 0.3) is 5.91 Å². The summed E-state index contributed by atoms with van der Waals surface area (Å²) < 4.78 is 0. The van der Waals surface area contributed by atoms with Crippen LogP contribution in [0.1, 0.15) is 38.2 Å². The maximum atomic E-state index is 13.0. The van der Waals surface area contributed by atoms with Crippen LogP contribution in [-0.2, 0) is 10.2 Å². The van der Waals surface area contributed by atoms with Crippen LogP contribution >= 0.6 is 0 Å². The van der Waals surface area contributed by atoms with Crippen LogP contribution in [-0.4, -0.2) is 41.1 Å². The second-order valence-electron chi connectivity index (χ2n) is 8.45. The van der Waals surface area contributed by atoms with Gasteiger partial charge < -0.3 is 5.11 Å². The van der Waals surface area contributed by atoms with Crippen molar-refractivity contribution in [2.24, 2.45) is 11.8 Å². The van der Waals surface area contributed by atoms with Gasteiger partial charge in [-0.05, 0) is 55.0 Å². The summed E-state index contributed by atoms with van der Waals surface area (Å²) in [6, 6.07) is 8.98. The summed E-state index contributed by atoms with van der Waals surface area (Å²) in [6.07, 6.45) is 3.13. The zero-order valence-electron chi connectivity index (χ0n) is 14.6. The molecule has 0 saturated carbocycles. The number of rotatable bonds is 1. The monoisotopic (exact) mass is 336 g/mol. The van der Waals surface area contributed by atoms with E-state index in [2.05, 4.69) is 30.0 Å². The van der Waals surface area contributed by atoms with Crippen molar-refractivity contribution in [2.45, 2.75) is 50.2 Å². The number of aliphatic hydroxyl groups is 1. The molecule has 4 aliphatic heterocycles. The van der Waals surface area contributed by atoms with Crippen LogP contribution in [0.3, 0.4) is 0 Å². The van der Waals surface area contributed by atoms with E-state index in [0.717, 1.165) is 25.2 Å². The molecule has 0 unspecified atom stereocenters. The fraction of sp³-hybridized carbons (Fsp3) is 0.571. The first-order valence-electron chi connectivity index (χ1n) is 9.77. The number of nitrogens with zero attached hydrogens (tertiary/aromatic N) is 2. The molecule has 1 amide bonds. The number of fused-ring (bicyclic) bond motifs is 4. The molecule has 1 spiro atoms. The lowest BCUT2D eigenvalue weighted by atomic mass is 9.56. The molecule has 130 valence electrons. The van der Waals surface area contributed by atoms with Crippen LogP contribution in [0.2, 0.25) is 0 Å². The number of benzene rings is 1. The largest absolute Gasteiger partial charge is 0.383 e. The molecule has 4 heterocycles.